The van der Waals surface area contributed by atoms with Gasteiger partial charge < -0.3 is 9.47 Å². The van der Waals surface area contributed by atoms with Crippen LogP contribution in [0.1, 0.15) is 38.7 Å². The Morgan fingerprint density at radius 2 is 1.91 bits per heavy atom. The summed E-state index contributed by atoms with van der Waals surface area (Å²) in [5.74, 6) is -0.419. The first-order valence-electron chi connectivity index (χ1n) is 7.46. The van der Waals surface area contributed by atoms with Gasteiger partial charge in [-0.15, -0.1) is 0 Å². The second-order valence-electron chi connectivity index (χ2n) is 5.49. The number of ether oxygens (including phenoxy) is 2. The van der Waals surface area contributed by atoms with Gasteiger partial charge in [-0.3, -0.25) is 14.4 Å². The summed E-state index contributed by atoms with van der Waals surface area (Å²) < 4.78 is 10.1. The summed E-state index contributed by atoms with van der Waals surface area (Å²) in [4.78, 5) is 35.4. The fourth-order valence-corrected chi connectivity index (χ4v) is 2.86. The zero-order valence-corrected chi connectivity index (χ0v) is 12.9. The average Bonchev–Trinajstić information content (AvgIpc) is 2.83. The summed E-state index contributed by atoms with van der Waals surface area (Å²) in [6.07, 6.45) is 1.98. The maximum Gasteiger partial charge on any atom is 0.319 e. The molecule has 0 heterocycles. The van der Waals surface area contributed by atoms with Crippen LogP contribution in [0.25, 0.3) is 0 Å². The van der Waals surface area contributed by atoms with Gasteiger partial charge in [-0.1, -0.05) is 12.1 Å². The molecule has 1 aromatic rings. The minimum atomic E-state index is -1.06. The second kappa shape index (κ2) is 6.73. The minimum Gasteiger partial charge on any atom is -0.465 e. The van der Waals surface area contributed by atoms with E-state index in [4.69, 9.17) is 9.47 Å². The number of carbonyl (C=O) groups excluding carboxylic acids is 3. The largest absolute Gasteiger partial charge is 0.465 e. The lowest BCUT2D eigenvalue weighted by molar-refractivity contribution is -0.158. The van der Waals surface area contributed by atoms with Crippen molar-refractivity contribution in [2.45, 2.75) is 39.5 Å². The van der Waals surface area contributed by atoms with Gasteiger partial charge in [0.25, 0.3) is 0 Å². The molecular formula is C17H20O5. The van der Waals surface area contributed by atoms with Gasteiger partial charge in [0.15, 0.2) is 5.78 Å². The molecule has 0 spiro atoms. The molecule has 0 radical (unpaired) electrons. The van der Waals surface area contributed by atoms with E-state index in [0.29, 0.717) is 31.4 Å². The number of rotatable bonds is 5. The number of Topliss-reactive ketones (excluding diaryl/α,β-unsaturated/α-hetero) is 1. The van der Waals surface area contributed by atoms with Crippen LogP contribution in [0, 0.1) is 5.41 Å². The van der Waals surface area contributed by atoms with Crippen molar-refractivity contribution in [2.75, 3.05) is 6.61 Å². The van der Waals surface area contributed by atoms with Crippen LogP contribution in [0.4, 0.5) is 0 Å². The third kappa shape index (κ3) is 3.35. The van der Waals surface area contributed by atoms with Crippen molar-refractivity contribution in [3.63, 3.8) is 0 Å². The third-order valence-electron chi connectivity index (χ3n) is 3.90. The van der Waals surface area contributed by atoms with Crippen LogP contribution in [0.5, 0.6) is 5.75 Å². The highest BCUT2D eigenvalue weighted by molar-refractivity contribution is 6.05. The molecule has 1 atom stereocenters. The van der Waals surface area contributed by atoms with E-state index in [1.807, 2.05) is 0 Å². The molecule has 2 rings (SSSR count). The normalized spacial score (nSPS) is 20.7. The summed E-state index contributed by atoms with van der Waals surface area (Å²) in [6.45, 7) is 3.33. The summed E-state index contributed by atoms with van der Waals surface area (Å²) >= 11 is 0. The molecule has 0 amide bonds. The highest BCUT2D eigenvalue weighted by atomic mass is 16.5. The molecule has 1 aromatic carbocycles. The van der Waals surface area contributed by atoms with Gasteiger partial charge in [0.1, 0.15) is 11.2 Å². The van der Waals surface area contributed by atoms with Crippen LogP contribution in [0.15, 0.2) is 24.3 Å². The number of hydrogen-bond donors (Lipinski definition) is 0. The van der Waals surface area contributed by atoms with Crippen molar-refractivity contribution in [2.24, 2.45) is 5.41 Å². The topological polar surface area (TPSA) is 69.7 Å². The maximum absolute atomic E-state index is 12.3. The first kappa shape index (κ1) is 16.2. The molecule has 5 nitrogen and oxygen atoms in total. The van der Waals surface area contributed by atoms with Crippen LogP contribution in [0.3, 0.4) is 0 Å². The van der Waals surface area contributed by atoms with Crippen LogP contribution in [0.2, 0.25) is 0 Å². The number of esters is 2. The van der Waals surface area contributed by atoms with E-state index in [2.05, 4.69) is 0 Å². The third-order valence-corrected chi connectivity index (χ3v) is 3.90. The fourth-order valence-electron chi connectivity index (χ4n) is 2.86. The van der Waals surface area contributed by atoms with E-state index in [9.17, 15) is 14.4 Å². The number of ketones is 1. The van der Waals surface area contributed by atoms with Gasteiger partial charge in [-0.2, -0.15) is 0 Å². The first-order chi connectivity index (χ1) is 10.5. The summed E-state index contributed by atoms with van der Waals surface area (Å²) in [7, 11) is 0. The van der Waals surface area contributed by atoms with Gasteiger partial charge >= 0.3 is 11.9 Å². The Kier molecular flexibility index (Phi) is 4.96. The van der Waals surface area contributed by atoms with Gasteiger partial charge in [-0.25, -0.2) is 0 Å². The molecule has 0 aromatic heterocycles. The minimum absolute atomic E-state index is 0.0463. The van der Waals surface area contributed by atoms with E-state index in [1.165, 1.54) is 6.92 Å². The van der Waals surface area contributed by atoms with Gasteiger partial charge in [-0.05, 0) is 43.9 Å². The molecule has 5 heteroatoms. The molecule has 0 aliphatic heterocycles. The lowest BCUT2D eigenvalue weighted by Gasteiger charge is -2.25. The summed E-state index contributed by atoms with van der Waals surface area (Å²) in [5.41, 5.74) is -0.210. The number of benzene rings is 1. The van der Waals surface area contributed by atoms with Crippen molar-refractivity contribution in [1.29, 1.82) is 0 Å². The Hall–Kier alpha value is -2.17. The Labute approximate surface area is 129 Å². The molecule has 0 bridgehead atoms. The molecular weight excluding hydrogens is 284 g/mol. The molecule has 1 unspecified atom stereocenters. The van der Waals surface area contributed by atoms with Crippen LogP contribution >= 0.6 is 0 Å². The standard InChI is InChI=1S/C17H20O5/c1-3-21-16(20)17(10-4-5-15(17)19)11-13-6-8-14(9-7-13)22-12(2)18/h6-9H,3-5,10-11H2,1-2H3. The number of carbonyl (C=O) groups is 3. The SMILES string of the molecule is CCOC(=O)C1(Cc2ccc(OC(C)=O)cc2)CCCC1=O. The monoisotopic (exact) mass is 304 g/mol. The second-order valence-corrected chi connectivity index (χ2v) is 5.49. The molecule has 118 valence electrons. The Bertz CT molecular complexity index is 575. The van der Waals surface area contributed by atoms with Crippen LogP contribution in [-0.4, -0.2) is 24.3 Å². The first-order valence-corrected chi connectivity index (χ1v) is 7.46. The van der Waals surface area contributed by atoms with E-state index in [1.54, 1.807) is 31.2 Å². The van der Waals surface area contributed by atoms with Crippen LogP contribution < -0.4 is 4.74 Å². The van der Waals surface area contributed by atoms with E-state index in [0.717, 1.165) is 5.56 Å². The quantitative estimate of drug-likeness (QED) is 0.475. The Morgan fingerprint density at radius 1 is 1.23 bits per heavy atom. The molecule has 22 heavy (non-hydrogen) atoms. The lowest BCUT2D eigenvalue weighted by atomic mass is 9.79. The van der Waals surface area contributed by atoms with Gasteiger partial charge in [0.2, 0.25) is 0 Å². The molecule has 1 aliphatic rings. The average molecular weight is 304 g/mol. The van der Waals surface area contributed by atoms with Crippen LogP contribution in [-0.2, 0) is 25.5 Å². The Morgan fingerprint density at radius 3 is 2.41 bits per heavy atom. The van der Waals surface area contributed by atoms with E-state index < -0.39 is 11.4 Å². The van der Waals surface area contributed by atoms with E-state index >= 15 is 0 Å². The van der Waals surface area contributed by atoms with Crippen molar-refractivity contribution in [1.82, 2.24) is 0 Å². The highest BCUT2D eigenvalue weighted by Crippen LogP contribution is 2.39. The summed E-state index contributed by atoms with van der Waals surface area (Å²) in [6, 6.07) is 6.86. The zero-order chi connectivity index (χ0) is 16.2. The lowest BCUT2D eigenvalue weighted by Crippen LogP contribution is -2.39. The maximum atomic E-state index is 12.3. The molecule has 1 fully saturated rings. The van der Waals surface area contributed by atoms with Crippen molar-refractivity contribution in [3.8, 4) is 5.75 Å². The zero-order valence-electron chi connectivity index (χ0n) is 12.9. The van der Waals surface area contributed by atoms with Crippen molar-refractivity contribution in [3.05, 3.63) is 29.8 Å². The predicted molar refractivity (Wildman–Crippen MR) is 79.4 cm³/mol. The Balaban J connectivity index is 2.19. The van der Waals surface area contributed by atoms with E-state index in [-0.39, 0.29) is 18.4 Å². The molecule has 1 aliphatic carbocycles. The van der Waals surface area contributed by atoms with Gasteiger partial charge in [0, 0.05) is 13.3 Å². The fraction of sp³-hybridized carbons (Fsp3) is 0.471. The van der Waals surface area contributed by atoms with Gasteiger partial charge in [0.05, 0.1) is 6.61 Å². The predicted octanol–water partition coefficient (Wildman–Crippen LogP) is 2.46. The van der Waals surface area contributed by atoms with Crippen molar-refractivity contribution < 1.29 is 23.9 Å². The number of hydrogen-bond acceptors (Lipinski definition) is 5. The molecule has 0 saturated heterocycles. The molecule has 1 saturated carbocycles. The highest BCUT2D eigenvalue weighted by Gasteiger charge is 2.49. The smallest absolute Gasteiger partial charge is 0.319 e. The summed E-state index contributed by atoms with van der Waals surface area (Å²) in [5, 5.41) is 0. The molecule has 0 N–H and O–H groups in total. The van der Waals surface area contributed by atoms with Crippen molar-refractivity contribution >= 4 is 17.7 Å².